The second-order valence-corrected chi connectivity index (χ2v) is 5.09. The van der Waals surface area contributed by atoms with Gasteiger partial charge in [0, 0.05) is 15.7 Å². The summed E-state index contributed by atoms with van der Waals surface area (Å²) in [5.41, 5.74) is 3.48. The molecule has 6 heteroatoms. The summed E-state index contributed by atoms with van der Waals surface area (Å²) in [4.78, 5) is 11.6. The zero-order chi connectivity index (χ0) is 15.1. The lowest BCUT2D eigenvalue weighted by molar-refractivity contribution is -0.119. The van der Waals surface area contributed by atoms with Gasteiger partial charge in [-0.05, 0) is 30.3 Å². The molecule has 4 nitrogen and oxygen atoms in total. The van der Waals surface area contributed by atoms with Crippen molar-refractivity contribution in [2.75, 3.05) is 11.9 Å². The van der Waals surface area contributed by atoms with Gasteiger partial charge in [-0.3, -0.25) is 4.79 Å². The molecule has 0 aliphatic heterocycles. The normalized spacial score (nSPS) is 10.6. The standard InChI is InChI=1S/C15H13BrFN3O/c16-12-5-7-13(8-6-12)18-10-15(21)20-19-9-11-3-1-2-4-14(11)17/h1-9,18H,10H2,(H,20,21)/b19-9-. The summed E-state index contributed by atoms with van der Waals surface area (Å²) in [6, 6.07) is 13.6. The summed E-state index contributed by atoms with van der Waals surface area (Å²) in [6.45, 7) is 0.0796. The molecule has 0 aliphatic carbocycles. The summed E-state index contributed by atoms with van der Waals surface area (Å²) in [5.74, 6) is -0.700. The lowest BCUT2D eigenvalue weighted by Crippen LogP contribution is -2.25. The maximum Gasteiger partial charge on any atom is 0.259 e. The van der Waals surface area contributed by atoms with E-state index in [9.17, 15) is 9.18 Å². The Hall–Kier alpha value is -2.21. The molecule has 2 rings (SSSR count). The van der Waals surface area contributed by atoms with Crippen LogP contribution in [0.4, 0.5) is 10.1 Å². The van der Waals surface area contributed by atoms with E-state index in [-0.39, 0.29) is 18.3 Å². The van der Waals surface area contributed by atoms with E-state index in [2.05, 4.69) is 31.8 Å². The first-order valence-corrected chi connectivity index (χ1v) is 7.00. The lowest BCUT2D eigenvalue weighted by Gasteiger charge is -2.05. The number of amides is 1. The predicted molar refractivity (Wildman–Crippen MR) is 84.8 cm³/mol. The van der Waals surface area contributed by atoms with Gasteiger partial charge in [0.2, 0.25) is 0 Å². The van der Waals surface area contributed by atoms with Gasteiger partial charge in [0.05, 0.1) is 12.8 Å². The molecule has 0 spiro atoms. The van der Waals surface area contributed by atoms with Gasteiger partial charge in [0.25, 0.3) is 5.91 Å². The molecule has 1 amide bonds. The molecule has 2 aromatic rings. The van der Waals surface area contributed by atoms with Crippen LogP contribution in [0.1, 0.15) is 5.56 Å². The second-order valence-electron chi connectivity index (χ2n) is 4.18. The number of hydrogen-bond acceptors (Lipinski definition) is 3. The number of benzene rings is 2. The Morgan fingerprint density at radius 3 is 2.62 bits per heavy atom. The van der Waals surface area contributed by atoms with E-state index in [4.69, 9.17) is 0 Å². The summed E-state index contributed by atoms with van der Waals surface area (Å²) in [6.07, 6.45) is 1.27. The molecule has 0 saturated heterocycles. The average molecular weight is 350 g/mol. The van der Waals surface area contributed by atoms with E-state index in [1.165, 1.54) is 12.3 Å². The topological polar surface area (TPSA) is 53.5 Å². The number of carbonyl (C=O) groups excluding carboxylic acids is 1. The van der Waals surface area contributed by atoms with Gasteiger partial charge in [-0.2, -0.15) is 5.10 Å². The fourth-order valence-electron chi connectivity index (χ4n) is 1.54. The second kappa shape index (κ2) is 7.54. The lowest BCUT2D eigenvalue weighted by atomic mass is 10.2. The minimum absolute atomic E-state index is 0.0796. The van der Waals surface area contributed by atoms with Crippen molar-refractivity contribution in [2.24, 2.45) is 5.10 Å². The van der Waals surface area contributed by atoms with Crippen LogP contribution in [0.5, 0.6) is 0 Å². The van der Waals surface area contributed by atoms with Crippen LogP contribution in [-0.4, -0.2) is 18.7 Å². The number of rotatable bonds is 5. The number of anilines is 1. The largest absolute Gasteiger partial charge is 0.376 e. The molecular weight excluding hydrogens is 337 g/mol. The van der Waals surface area contributed by atoms with E-state index in [1.807, 2.05) is 24.3 Å². The molecule has 0 aromatic heterocycles. The van der Waals surface area contributed by atoms with Gasteiger partial charge >= 0.3 is 0 Å². The monoisotopic (exact) mass is 349 g/mol. The Balaban J connectivity index is 1.80. The van der Waals surface area contributed by atoms with Crippen molar-refractivity contribution in [3.05, 3.63) is 64.4 Å². The number of halogens is 2. The Bertz CT molecular complexity index is 644. The molecule has 0 saturated carbocycles. The van der Waals surface area contributed by atoms with Crippen LogP contribution >= 0.6 is 15.9 Å². The highest BCUT2D eigenvalue weighted by molar-refractivity contribution is 9.10. The van der Waals surface area contributed by atoms with Crippen LogP contribution in [0.15, 0.2) is 58.1 Å². The number of hydrogen-bond donors (Lipinski definition) is 2. The summed E-state index contributed by atoms with van der Waals surface area (Å²) >= 11 is 3.33. The van der Waals surface area contributed by atoms with Crippen molar-refractivity contribution in [1.29, 1.82) is 0 Å². The van der Waals surface area contributed by atoms with Crippen molar-refractivity contribution in [2.45, 2.75) is 0 Å². The third-order valence-electron chi connectivity index (χ3n) is 2.60. The summed E-state index contributed by atoms with van der Waals surface area (Å²) in [5, 5.41) is 6.67. The van der Waals surface area contributed by atoms with Crippen LogP contribution in [0.3, 0.4) is 0 Å². The van der Waals surface area contributed by atoms with Gasteiger partial charge < -0.3 is 5.32 Å². The van der Waals surface area contributed by atoms with E-state index in [1.54, 1.807) is 18.2 Å². The van der Waals surface area contributed by atoms with Gasteiger partial charge in [-0.1, -0.05) is 34.1 Å². The Kier molecular flexibility index (Phi) is 5.45. The highest BCUT2D eigenvalue weighted by Gasteiger charge is 2.00. The SMILES string of the molecule is O=C(CNc1ccc(Br)cc1)N/N=C\c1ccccc1F. The summed E-state index contributed by atoms with van der Waals surface area (Å²) < 4.78 is 14.3. The number of carbonyl (C=O) groups is 1. The third-order valence-corrected chi connectivity index (χ3v) is 3.12. The van der Waals surface area contributed by atoms with Gasteiger partial charge in [-0.15, -0.1) is 0 Å². The molecule has 0 bridgehead atoms. The van der Waals surface area contributed by atoms with Crippen LogP contribution in [0, 0.1) is 5.82 Å². The fourth-order valence-corrected chi connectivity index (χ4v) is 1.81. The maximum absolute atomic E-state index is 13.3. The van der Waals surface area contributed by atoms with Crippen molar-refractivity contribution >= 4 is 33.7 Å². The van der Waals surface area contributed by atoms with Crippen molar-refractivity contribution in [1.82, 2.24) is 5.43 Å². The summed E-state index contributed by atoms with van der Waals surface area (Å²) in [7, 11) is 0. The van der Waals surface area contributed by atoms with E-state index < -0.39 is 0 Å². The Labute approximate surface area is 130 Å². The van der Waals surface area contributed by atoms with Gasteiger partial charge in [-0.25, -0.2) is 9.82 Å². The zero-order valence-electron chi connectivity index (χ0n) is 11.0. The molecule has 0 aliphatic rings. The molecule has 2 N–H and O–H groups in total. The highest BCUT2D eigenvalue weighted by Crippen LogP contribution is 2.13. The van der Waals surface area contributed by atoms with Crippen molar-refractivity contribution in [3.63, 3.8) is 0 Å². The Morgan fingerprint density at radius 2 is 1.90 bits per heavy atom. The number of nitrogens with one attached hydrogen (secondary N) is 2. The molecule has 0 unspecified atom stereocenters. The van der Waals surface area contributed by atoms with Crippen LogP contribution in [0.2, 0.25) is 0 Å². The van der Waals surface area contributed by atoms with Crippen LogP contribution in [-0.2, 0) is 4.79 Å². The minimum Gasteiger partial charge on any atom is -0.376 e. The fraction of sp³-hybridized carbons (Fsp3) is 0.0667. The minimum atomic E-state index is -0.386. The third kappa shape index (κ3) is 5.00. The Morgan fingerprint density at radius 1 is 1.19 bits per heavy atom. The first kappa shape index (κ1) is 15.2. The maximum atomic E-state index is 13.3. The molecule has 0 atom stereocenters. The van der Waals surface area contributed by atoms with E-state index in [0.717, 1.165) is 10.2 Å². The quantitative estimate of drug-likeness (QED) is 0.643. The molecular formula is C15H13BrFN3O. The number of nitrogens with zero attached hydrogens (tertiary/aromatic N) is 1. The average Bonchev–Trinajstić information content (AvgIpc) is 2.49. The predicted octanol–water partition coefficient (Wildman–Crippen LogP) is 3.15. The first-order valence-electron chi connectivity index (χ1n) is 6.21. The smallest absolute Gasteiger partial charge is 0.259 e. The zero-order valence-corrected chi connectivity index (χ0v) is 12.6. The molecule has 0 radical (unpaired) electrons. The van der Waals surface area contributed by atoms with Crippen LogP contribution in [0.25, 0.3) is 0 Å². The van der Waals surface area contributed by atoms with Crippen molar-refractivity contribution in [3.8, 4) is 0 Å². The molecule has 0 fully saturated rings. The van der Waals surface area contributed by atoms with Gasteiger partial charge in [0.1, 0.15) is 5.82 Å². The van der Waals surface area contributed by atoms with Crippen LogP contribution < -0.4 is 10.7 Å². The molecule has 0 heterocycles. The van der Waals surface area contributed by atoms with Gasteiger partial charge in [0.15, 0.2) is 0 Å². The highest BCUT2D eigenvalue weighted by atomic mass is 79.9. The number of hydrazone groups is 1. The van der Waals surface area contributed by atoms with Crippen molar-refractivity contribution < 1.29 is 9.18 Å². The molecule has 108 valence electrons. The van der Waals surface area contributed by atoms with E-state index in [0.29, 0.717) is 5.56 Å². The molecule has 2 aromatic carbocycles. The van der Waals surface area contributed by atoms with E-state index >= 15 is 0 Å². The first-order chi connectivity index (χ1) is 10.1. The molecule has 21 heavy (non-hydrogen) atoms.